The SMILES string of the molecule is CC(O)CN(C(=O)NCCc1cccc(O)c1)C(C)C. The standard InChI is InChI=1S/C15H24N2O3/c1-11(2)17(10-12(3)18)15(20)16-8-7-13-5-4-6-14(19)9-13/h4-6,9,11-12,18-19H,7-8,10H2,1-3H3,(H,16,20). The van der Waals surface area contributed by atoms with Gasteiger partial charge < -0.3 is 20.4 Å². The summed E-state index contributed by atoms with van der Waals surface area (Å²) in [4.78, 5) is 13.6. The molecule has 0 saturated carbocycles. The minimum absolute atomic E-state index is 0.0327. The van der Waals surface area contributed by atoms with Crippen molar-refractivity contribution < 1.29 is 15.0 Å². The van der Waals surface area contributed by atoms with Gasteiger partial charge in [0.2, 0.25) is 0 Å². The zero-order valence-corrected chi connectivity index (χ0v) is 12.3. The molecule has 1 unspecified atom stereocenters. The zero-order valence-electron chi connectivity index (χ0n) is 12.3. The Morgan fingerprint density at radius 1 is 1.35 bits per heavy atom. The van der Waals surface area contributed by atoms with Crippen molar-refractivity contribution in [2.24, 2.45) is 0 Å². The second-order valence-electron chi connectivity index (χ2n) is 5.25. The molecule has 112 valence electrons. The largest absolute Gasteiger partial charge is 0.508 e. The minimum atomic E-state index is -0.547. The molecule has 0 heterocycles. The normalized spacial score (nSPS) is 12.2. The van der Waals surface area contributed by atoms with E-state index in [9.17, 15) is 15.0 Å². The number of phenolic OH excluding ortho intramolecular Hbond substituents is 1. The fourth-order valence-corrected chi connectivity index (χ4v) is 1.94. The summed E-state index contributed by atoms with van der Waals surface area (Å²) in [7, 11) is 0. The number of urea groups is 1. The van der Waals surface area contributed by atoms with Crippen LogP contribution in [0.3, 0.4) is 0 Å². The molecule has 0 aliphatic rings. The lowest BCUT2D eigenvalue weighted by Gasteiger charge is -2.28. The molecule has 3 N–H and O–H groups in total. The summed E-state index contributed by atoms with van der Waals surface area (Å²) in [5.41, 5.74) is 0.969. The first kappa shape index (κ1) is 16.3. The Bertz CT molecular complexity index is 433. The van der Waals surface area contributed by atoms with Crippen molar-refractivity contribution in [2.45, 2.75) is 39.3 Å². The Kier molecular flexibility index (Phi) is 6.31. The van der Waals surface area contributed by atoms with Crippen LogP contribution in [0, 0.1) is 0 Å². The molecule has 0 bridgehead atoms. The first-order valence-corrected chi connectivity index (χ1v) is 6.90. The van der Waals surface area contributed by atoms with Crippen molar-refractivity contribution in [1.82, 2.24) is 10.2 Å². The van der Waals surface area contributed by atoms with E-state index in [0.717, 1.165) is 5.56 Å². The highest BCUT2D eigenvalue weighted by molar-refractivity contribution is 5.74. The monoisotopic (exact) mass is 280 g/mol. The van der Waals surface area contributed by atoms with Crippen LogP contribution in [0.15, 0.2) is 24.3 Å². The second kappa shape index (κ2) is 7.75. The molecule has 5 nitrogen and oxygen atoms in total. The van der Waals surface area contributed by atoms with Gasteiger partial charge in [0.25, 0.3) is 0 Å². The maximum Gasteiger partial charge on any atom is 0.317 e. The van der Waals surface area contributed by atoms with E-state index in [4.69, 9.17) is 0 Å². The lowest BCUT2D eigenvalue weighted by atomic mass is 10.1. The van der Waals surface area contributed by atoms with E-state index in [1.807, 2.05) is 19.9 Å². The molecule has 0 spiro atoms. The third-order valence-electron chi connectivity index (χ3n) is 2.95. The Balaban J connectivity index is 2.45. The van der Waals surface area contributed by atoms with Gasteiger partial charge in [-0.15, -0.1) is 0 Å². The molecule has 2 amide bonds. The molecule has 1 rings (SSSR count). The van der Waals surface area contributed by atoms with Gasteiger partial charge in [-0.2, -0.15) is 0 Å². The number of rotatable bonds is 6. The maximum absolute atomic E-state index is 12.0. The number of aliphatic hydroxyl groups excluding tert-OH is 1. The lowest BCUT2D eigenvalue weighted by molar-refractivity contribution is 0.119. The van der Waals surface area contributed by atoms with Gasteiger partial charge in [-0.1, -0.05) is 12.1 Å². The number of nitrogens with one attached hydrogen (secondary N) is 1. The van der Waals surface area contributed by atoms with Gasteiger partial charge >= 0.3 is 6.03 Å². The highest BCUT2D eigenvalue weighted by Crippen LogP contribution is 2.11. The Morgan fingerprint density at radius 3 is 2.60 bits per heavy atom. The van der Waals surface area contributed by atoms with Crippen molar-refractivity contribution in [3.63, 3.8) is 0 Å². The summed E-state index contributed by atoms with van der Waals surface area (Å²) in [5.74, 6) is 0.228. The van der Waals surface area contributed by atoms with Crippen molar-refractivity contribution >= 4 is 6.03 Å². The number of amides is 2. The van der Waals surface area contributed by atoms with E-state index < -0.39 is 6.10 Å². The van der Waals surface area contributed by atoms with Crippen LogP contribution in [-0.2, 0) is 6.42 Å². The summed E-state index contributed by atoms with van der Waals surface area (Å²) in [6.07, 6.45) is 0.107. The van der Waals surface area contributed by atoms with Crippen molar-refractivity contribution in [1.29, 1.82) is 0 Å². The number of hydrogen-bond acceptors (Lipinski definition) is 3. The Morgan fingerprint density at radius 2 is 2.05 bits per heavy atom. The van der Waals surface area contributed by atoms with Crippen LogP contribution < -0.4 is 5.32 Å². The van der Waals surface area contributed by atoms with E-state index in [-0.39, 0.29) is 17.8 Å². The molecule has 0 saturated heterocycles. The molecule has 0 aliphatic heterocycles. The van der Waals surface area contributed by atoms with Crippen LogP contribution >= 0.6 is 0 Å². The van der Waals surface area contributed by atoms with Crippen LogP contribution in [0.5, 0.6) is 5.75 Å². The number of phenols is 1. The van der Waals surface area contributed by atoms with Crippen LogP contribution in [0.1, 0.15) is 26.3 Å². The quantitative estimate of drug-likeness (QED) is 0.743. The molecule has 0 aliphatic carbocycles. The molecule has 0 fully saturated rings. The first-order chi connectivity index (χ1) is 9.40. The predicted molar refractivity (Wildman–Crippen MR) is 78.7 cm³/mol. The summed E-state index contributed by atoms with van der Waals surface area (Å²) in [6.45, 7) is 6.30. The van der Waals surface area contributed by atoms with Gasteiger partial charge in [0.15, 0.2) is 0 Å². The molecule has 20 heavy (non-hydrogen) atoms. The number of carbonyl (C=O) groups is 1. The van der Waals surface area contributed by atoms with E-state index >= 15 is 0 Å². The number of nitrogens with zero attached hydrogens (tertiary/aromatic N) is 1. The molecular weight excluding hydrogens is 256 g/mol. The maximum atomic E-state index is 12.0. The Labute approximate surface area is 120 Å². The number of benzene rings is 1. The smallest absolute Gasteiger partial charge is 0.317 e. The summed E-state index contributed by atoms with van der Waals surface area (Å²) in [6, 6.07) is 6.83. The highest BCUT2D eigenvalue weighted by atomic mass is 16.3. The Hall–Kier alpha value is -1.75. The van der Waals surface area contributed by atoms with E-state index in [2.05, 4.69) is 5.32 Å². The van der Waals surface area contributed by atoms with Gasteiger partial charge in [-0.05, 0) is 44.9 Å². The lowest BCUT2D eigenvalue weighted by Crippen LogP contribution is -2.47. The second-order valence-corrected chi connectivity index (χ2v) is 5.25. The fraction of sp³-hybridized carbons (Fsp3) is 0.533. The van der Waals surface area contributed by atoms with Crippen LogP contribution in [0.4, 0.5) is 4.79 Å². The third-order valence-corrected chi connectivity index (χ3v) is 2.95. The van der Waals surface area contributed by atoms with Crippen LogP contribution in [0.25, 0.3) is 0 Å². The molecule has 5 heteroatoms. The van der Waals surface area contributed by atoms with E-state index in [1.54, 1.807) is 30.0 Å². The molecule has 1 aromatic rings. The summed E-state index contributed by atoms with van der Waals surface area (Å²) >= 11 is 0. The molecule has 0 aromatic heterocycles. The van der Waals surface area contributed by atoms with Crippen molar-refractivity contribution in [3.8, 4) is 5.75 Å². The summed E-state index contributed by atoms with van der Waals surface area (Å²) in [5, 5.41) is 21.6. The summed E-state index contributed by atoms with van der Waals surface area (Å²) < 4.78 is 0. The fourth-order valence-electron chi connectivity index (χ4n) is 1.94. The molecule has 1 aromatic carbocycles. The molecule has 0 radical (unpaired) electrons. The first-order valence-electron chi connectivity index (χ1n) is 6.90. The van der Waals surface area contributed by atoms with Gasteiger partial charge in [0.1, 0.15) is 5.75 Å². The topological polar surface area (TPSA) is 72.8 Å². The number of aliphatic hydroxyl groups is 1. The van der Waals surface area contributed by atoms with E-state index in [1.165, 1.54) is 0 Å². The highest BCUT2D eigenvalue weighted by Gasteiger charge is 2.17. The van der Waals surface area contributed by atoms with Gasteiger partial charge in [0.05, 0.1) is 6.10 Å². The van der Waals surface area contributed by atoms with Gasteiger partial charge in [-0.3, -0.25) is 0 Å². The number of carbonyl (C=O) groups excluding carboxylic acids is 1. The van der Waals surface area contributed by atoms with Crippen LogP contribution in [0.2, 0.25) is 0 Å². The van der Waals surface area contributed by atoms with Crippen molar-refractivity contribution in [3.05, 3.63) is 29.8 Å². The zero-order chi connectivity index (χ0) is 15.1. The average molecular weight is 280 g/mol. The molecule has 1 atom stereocenters. The third kappa shape index (κ3) is 5.48. The minimum Gasteiger partial charge on any atom is -0.508 e. The van der Waals surface area contributed by atoms with Gasteiger partial charge in [0, 0.05) is 19.1 Å². The van der Waals surface area contributed by atoms with E-state index in [0.29, 0.717) is 19.5 Å². The number of hydrogen-bond donors (Lipinski definition) is 3. The predicted octanol–water partition coefficient (Wildman–Crippen LogP) is 1.74. The van der Waals surface area contributed by atoms with Crippen LogP contribution in [-0.4, -0.2) is 46.4 Å². The van der Waals surface area contributed by atoms with Gasteiger partial charge in [-0.25, -0.2) is 4.79 Å². The molecular formula is C15H24N2O3. The average Bonchev–Trinajstić information content (AvgIpc) is 2.35. The number of aromatic hydroxyl groups is 1. The van der Waals surface area contributed by atoms with Crippen molar-refractivity contribution in [2.75, 3.05) is 13.1 Å².